The van der Waals surface area contributed by atoms with Crippen LogP contribution in [0.15, 0.2) is 38.1 Å². The molecule has 0 saturated heterocycles. The Labute approximate surface area is 156 Å². The van der Waals surface area contributed by atoms with Gasteiger partial charge in [-0.1, -0.05) is 28.1 Å². The molecule has 0 aliphatic heterocycles. The minimum Gasteiger partial charge on any atom is -0.444 e. The van der Waals surface area contributed by atoms with E-state index in [0.29, 0.717) is 24.9 Å². The Hall–Kier alpha value is -1.09. The predicted molar refractivity (Wildman–Crippen MR) is 103 cm³/mol. The molecule has 0 aliphatic carbocycles. The number of hydrogen-bond acceptors (Lipinski definition) is 3. The summed E-state index contributed by atoms with van der Waals surface area (Å²) in [6.07, 6.45) is 0. The van der Waals surface area contributed by atoms with Crippen molar-refractivity contribution >= 4 is 45.9 Å². The summed E-state index contributed by atoms with van der Waals surface area (Å²) in [4.78, 5) is 8.51. The van der Waals surface area contributed by atoms with Crippen LogP contribution in [0.3, 0.4) is 0 Å². The summed E-state index contributed by atoms with van der Waals surface area (Å²) in [5.41, 5.74) is 2.11. The highest BCUT2D eigenvalue weighted by atomic mass is 127. The molecule has 0 aliphatic rings. The van der Waals surface area contributed by atoms with Crippen LogP contribution in [-0.4, -0.2) is 18.0 Å². The van der Waals surface area contributed by atoms with Crippen molar-refractivity contribution in [3.63, 3.8) is 0 Å². The largest absolute Gasteiger partial charge is 0.444 e. The van der Waals surface area contributed by atoms with Gasteiger partial charge in [0, 0.05) is 18.1 Å². The number of rotatable bonds is 4. The van der Waals surface area contributed by atoms with Crippen LogP contribution in [0.5, 0.6) is 0 Å². The zero-order chi connectivity index (χ0) is 15.2. The molecule has 2 aromatic rings. The van der Waals surface area contributed by atoms with Crippen molar-refractivity contribution in [2.75, 3.05) is 7.05 Å². The van der Waals surface area contributed by atoms with E-state index in [0.717, 1.165) is 15.9 Å². The monoisotopic (exact) mass is 478 g/mol. The summed E-state index contributed by atoms with van der Waals surface area (Å²) in [5, 5.41) is 6.43. The fraction of sp³-hybridized carbons (Fsp3) is 0.333. The zero-order valence-electron chi connectivity index (χ0n) is 12.8. The van der Waals surface area contributed by atoms with Gasteiger partial charge in [-0.25, -0.2) is 4.98 Å². The lowest BCUT2D eigenvalue weighted by Gasteiger charge is -2.10. The normalized spacial score (nSPS) is 11.0. The van der Waals surface area contributed by atoms with Gasteiger partial charge in [-0.2, -0.15) is 0 Å². The van der Waals surface area contributed by atoms with E-state index in [1.54, 1.807) is 7.05 Å². The van der Waals surface area contributed by atoms with Crippen molar-refractivity contribution < 1.29 is 4.42 Å². The third-order valence-electron chi connectivity index (χ3n) is 3.08. The molecular formula is C15H20BrIN4O. The molecule has 0 radical (unpaired) electrons. The Bertz CT molecular complexity index is 605. The molecule has 120 valence electrons. The van der Waals surface area contributed by atoms with Gasteiger partial charge in [-0.05, 0) is 31.5 Å². The highest BCUT2D eigenvalue weighted by Gasteiger charge is 2.06. The van der Waals surface area contributed by atoms with E-state index < -0.39 is 0 Å². The molecular weight excluding hydrogens is 459 g/mol. The summed E-state index contributed by atoms with van der Waals surface area (Å²) in [6.45, 7) is 5.06. The molecule has 0 atom stereocenters. The molecule has 5 nitrogen and oxygen atoms in total. The van der Waals surface area contributed by atoms with Crippen LogP contribution in [0, 0.1) is 13.8 Å². The third-order valence-corrected chi connectivity index (χ3v) is 3.61. The van der Waals surface area contributed by atoms with Gasteiger partial charge in [0.25, 0.3) is 0 Å². The summed E-state index contributed by atoms with van der Waals surface area (Å²) < 4.78 is 6.60. The van der Waals surface area contributed by atoms with Crippen LogP contribution in [0.2, 0.25) is 0 Å². The standard InChI is InChI=1S/C15H19BrN4O.HI/c1-10-11(2)21-14(20-10)9-19-15(17-3)18-8-12-4-6-13(16)7-5-12;/h4-7H,8-9H2,1-3H3,(H2,17,18,19);1H. The smallest absolute Gasteiger partial charge is 0.214 e. The van der Waals surface area contributed by atoms with Crippen LogP contribution >= 0.6 is 39.9 Å². The van der Waals surface area contributed by atoms with Crippen LogP contribution in [-0.2, 0) is 13.1 Å². The van der Waals surface area contributed by atoms with Gasteiger partial charge in [0.1, 0.15) is 5.76 Å². The average Bonchev–Trinajstić information content (AvgIpc) is 2.80. The first-order chi connectivity index (χ1) is 10.1. The van der Waals surface area contributed by atoms with Crippen LogP contribution in [0.25, 0.3) is 0 Å². The zero-order valence-corrected chi connectivity index (χ0v) is 16.7. The minimum absolute atomic E-state index is 0. The van der Waals surface area contributed by atoms with Crippen molar-refractivity contribution in [3.8, 4) is 0 Å². The lowest BCUT2D eigenvalue weighted by atomic mass is 10.2. The van der Waals surface area contributed by atoms with Gasteiger partial charge in [-0.3, -0.25) is 4.99 Å². The maximum absolute atomic E-state index is 5.52. The van der Waals surface area contributed by atoms with Crippen LogP contribution in [0.4, 0.5) is 0 Å². The summed E-state index contributed by atoms with van der Waals surface area (Å²) in [5.74, 6) is 2.23. The molecule has 2 rings (SSSR count). The van der Waals surface area contributed by atoms with Gasteiger partial charge in [0.15, 0.2) is 5.96 Å². The first kappa shape index (κ1) is 19.0. The van der Waals surface area contributed by atoms with Crippen molar-refractivity contribution in [3.05, 3.63) is 51.6 Å². The topological polar surface area (TPSA) is 62.5 Å². The number of hydrogen-bond donors (Lipinski definition) is 2. The number of aromatic nitrogens is 1. The molecule has 0 spiro atoms. The van der Waals surface area contributed by atoms with E-state index in [1.807, 2.05) is 26.0 Å². The van der Waals surface area contributed by atoms with Crippen molar-refractivity contribution in [2.45, 2.75) is 26.9 Å². The van der Waals surface area contributed by atoms with Gasteiger partial charge >= 0.3 is 0 Å². The molecule has 1 aromatic heterocycles. The first-order valence-electron chi connectivity index (χ1n) is 6.70. The van der Waals surface area contributed by atoms with Crippen molar-refractivity contribution in [1.29, 1.82) is 0 Å². The number of aryl methyl sites for hydroxylation is 2. The Morgan fingerprint density at radius 2 is 1.82 bits per heavy atom. The molecule has 7 heteroatoms. The van der Waals surface area contributed by atoms with Gasteiger partial charge in [0.2, 0.25) is 5.89 Å². The third kappa shape index (κ3) is 5.60. The number of halogens is 2. The fourth-order valence-corrected chi connectivity index (χ4v) is 2.05. The van der Waals surface area contributed by atoms with Gasteiger partial charge < -0.3 is 15.1 Å². The number of aliphatic imine (C=N–C) groups is 1. The Morgan fingerprint density at radius 1 is 1.18 bits per heavy atom. The van der Waals surface area contributed by atoms with Crippen LogP contribution in [0.1, 0.15) is 22.9 Å². The molecule has 0 unspecified atom stereocenters. The van der Waals surface area contributed by atoms with Crippen molar-refractivity contribution in [2.24, 2.45) is 4.99 Å². The highest BCUT2D eigenvalue weighted by molar-refractivity contribution is 14.0. The molecule has 0 fully saturated rings. The van der Waals surface area contributed by atoms with Gasteiger partial charge in [-0.15, -0.1) is 24.0 Å². The second-order valence-corrected chi connectivity index (χ2v) is 5.57. The van der Waals surface area contributed by atoms with Crippen LogP contribution < -0.4 is 10.6 Å². The SMILES string of the molecule is CN=C(NCc1ccc(Br)cc1)NCc1nc(C)c(C)o1.I. The van der Waals surface area contributed by atoms with E-state index in [1.165, 1.54) is 5.56 Å². The molecule has 1 aromatic carbocycles. The summed E-state index contributed by atoms with van der Waals surface area (Å²) in [7, 11) is 1.74. The van der Waals surface area contributed by atoms with E-state index >= 15 is 0 Å². The van der Waals surface area contributed by atoms with E-state index in [-0.39, 0.29) is 24.0 Å². The number of nitrogens with one attached hydrogen (secondary N) is 2. The Balaban J connectivity index is 0.00000242. The average molecular weight is 479 g/mol. The number of oxazole rings is 1. The maximum Gasteiger partial charge on any atom is 0.214 e. The quantitative estimate of drug-likeness (QED) is 0.401. The Morgan fingerprint density at radius 3 is 2.36 bits per heavy atom. The number of nitrogens with zero attached hydrogens (tertiary/aromatic N) is 2. The Kier molecular flexibility index (Phi) is 7.88. The first-order valence-corrected chi connectivity index (χ1v) is 7.49. The number of benzene rings is 1. The summed E-state index contributed by atoms with van der Waals surface area (Å²) >= 11 is 3.42. The van der Waals surface area contributed by atoms with Gasteiger partial charge in [0.05, 0.1) is 12.2 Å². The van der Waals surface area contributed by atoms with E-state index in [2.05, 4.69) is 48.7 Å². The lowest BCUT2D eigenvalue weighted by Crippen LogP contribution is -2.36. The second-order valence-electron chi connectivity index (χ2n) is 4.65. The van der Waals surface area contributed by atoms with E-state index in [4.69, 9.17) is 4.42 Å². The highest BCUT2D eigenvalue weighted by Crippen LogP contribution is 2.10. The molecule has 0 saturated carbocycles. The molecule has 0 bridgehead atoms. The second kappa shape index (κ2) is 9.14. The predicted octanol–water partition coefficient (Wildman–Crippen LogP) is 3.54. The fourth-order valence-electron chi connectivity index (χ4n) is 1.78. The molecule has 2 N–H and O–H groups in total. The lowest BCUT2D eigenvalue weighted by molar-refractivity contribution is 0.463. The molecule has 1 heterocycles. The molecule has 0 amide bonds. The maximum atomic E-state index is 5.52. The van der Waals surface area contributed by atoms with E-state index in [9.17, 15) is 0 Å². The number of guanidine groups is 1. The minimum atomic E-state index is 0. The molecule has 22 heavy (non-hydrogen) atoms. The summed E-state index contributed by atoms with van der Waals surface area (Å²) in [6, 6.07) is 8.16. The van der Waals surface area contributed by atoms with Crippen molar-refractivity contribution in [1.82, 2.24) is 15.6 Å².